The molecular formula is C17H17N3O2. The SMILES string of the molecule is COc1ccc(CNC(=O)c2cccc3n[nH]c(C)c23)cc1. The molecular weight excluding hydrogens is 278 g/mol. The molecule has 0 atom stereocenters. The van der Waals surface area contributed by atoms with E-state index in [4.69, 9.17) is 4.74 Å². The fraction of sp³-hybridized carbons (Fsp3) is 0.176. The number of nitrogens with one attached hydrogen (secondary N) is 2. The molecule has 0 spiro atoms. The lowest BCUT2D eigenvalue weighted by Crippen LogP contribution is -2.23. The Morgan fingerprint density at radius 1 is 1.23 bits per heavy atom. The number of aromatic amines is 1. The standard InChI is InChI=1S/C17H17N3O2/c1-11-16-14(4-3-5-15(16)20-19-11)17(21)18-10-12-6-8-13(22-2)9-7-12/h3-9H,10H2,1-2H3,(H,18,21)(H,19,20). The van der Waals surface area contributed by atoms with Gasteiger partial charge in [-0.2, -0.15) is 5.10 Å². The van der Waals surface area contributed by atoms with Gasteiger partial charge in [0.15, 0.2) is 0 Å². The molecule has 3 aromatic rings. The highest BCUT2D eigenvalue weighted by Gasteiger charge is 2.13. The van der Waals surface area contributed by atoms with Gasteiger partial charge in [-0.3, -0.25) is 9.89 Å². The molecule has 1 aromatic heterocycles. The minimum atomic E-state index is -0.106. The molecule has 2 N–H and O–H groups in total. The highest BCUT2D eigenvalue weighted by molar-refractivity contribution is 6.07. The number of carbonyl (C=O) groups excluding carboxylic acids is 1. The van der Waals surface area contributed by atoms with Crippen molar-refractivity contribution in [3.05, 3.63) is 59.3 Å². The summed E-state index contributed by atoms with van der Waals surface area (Å²) in [5.74, 6) is 0.694. The van der Waals surface area contributed by atoms with Gasteiger partial charge in [0.05, 0.1) is 18.2 Å². The molecule has 0 aliphatic carbocycles. The van der Waals surface area contributed by atoms with Gasteiger partial charge in [0.1, 0.15) is 5.75 Å². The summed E-state index contributed by atoms with van der Waals surface area (Å²) in [5.41, 5.74) is 3.35. The van der Waals surface area contributed by atoms with Crippen LogP contribution in [0, 0.1) is 6.92 Å². The number of aromatic nitrogens is 2. The third-order valence-corrected chi connectivity index (χ3v) is 3.62. The van der Waals surface area contributed by atoms with Crippen molar-refractivity contribution in [2.75, 3.05) is 7.11 Å². The summed E-state index contributed by atoms with van der Waals surface area (Å²) in [7, 11) is 1.63. The molecule has 3 rings (SSSR count). The summed E-state index contributed by atoms with van der Waals surface area (Å²) in [4.78, 5) is 12.4. The lowest BCUT2D eigenvalue weighted by atomic mass is 10.1. The Kier molecular flexibility index (Phi) is 3.78. The number of fused-ring (bicyclic) bond motifs is 1. The zero-order chi connectivity index (χ0) is 15.5. The number of hydrogen-bond acceptors (Lipinski definition) is 3. The van der Waals surface area contributed by atoms with Crippen LogP contribution in [0.5, 0.6) is 5.75 Å². The van der Waals surface area contributed by atoms with Crippen molar-refractivity contribution in [1.29, 1.82) is 0 Å². The van der Waals surface area contributed by atoms with Crippen LogP contribution in [0.1, 0.15) is 21.6 Å². The van der Waals surface area contributed by atoms with Gasteiger partial charge in [0, 0.05) is 17.6 Å². The van der Waals surface area contributed by atoms with Gasteiger partial charge in [-0.05, 0) is 36.8 Å². The monoisotopic (exact) mass is 295 g/mol. The highest BCUT2D eigenvalue weighted by Crippen LogP contribution is 2.20. The smallest absolute Gasteiger partial charge is 0.252 e. The van der Waals surface area contributed by atoms with E-state index >= 15 is 0 Å². The zero-order valence-corrected chi connectivity index (χ0v) is 12.5. The number of amides is 1. The number of H-pyrrole nitrogens is 1. The van der Waals surface area contributed by atoms with Crippen molar-refractivity contribution in [2.45, 2.75) is 13.5 Å². The van der Waals surface area contributed by atoms with Gasteiger partial charge < -0.3 is 10.1 Å². The summed E-state index contributed by atoms with van der Waals surface area (Å²) < 4.78 is 5.12. The lowest BCUT2D eigenvalue weighted by Gasteiger charge is -2.07. The third-order valence-electron chi connectivity index (χ3n) is 3.62. The minimum absolute atomic E-state index is 0.106. The first-order valence-electron chi connectivity index (χ1n) is 7.04. The van der Waals surface area contributed by atoms with Crippen LogP contribution < -0.4 is 10.1 Å². The molecule has 0 saturated carbocycles. The Balaban J connectivity index is 1.77. The first-order chi connectivity index (χ1) is 10.7. The van der Waals surface area contributed by atoms with E-state index in [9.17, 15) is 4.79 Å². The fourth-order valence-corrected chi connectivity index (χ4v) is 2.44. The molecule has 0 radical (unpaired) electrons. The first kappa shape index (κ1) is 14.1. The molecule has 0 bridgehead atoms. The van der Waals surface area contributed by atoms with Gasteiger partial charge in [-0.25, -0.2) is 0 Å². The van der Waals surface area contributed by atoms with Crippen molar-refractivity contribution in [3.63, 3.8) is 0 Å². The normalized spacial score (nSPS) is 10.6. The maximum Gasteiger partial charge on any atom is 0.252 e. The number of aryl methyl sites for hydroxylation is 1. The van der Waals surface area contributed by atoms with E-state index in [-0.39, 0.29) is 5.91 Å². The van der Waals surface area contributed by atoms with Crippen LogP contribution in [0.4, 0.5) is 0 Å². The van der Waals surface area contributed by atoms with Crippen LogP contribution in [0.25, 0.3) is 10.9 Å². The van der Waals surface area contributed by atoms with Gasteiger partial charge in [-0.15, -0.1) is 0 Å². The number of rotatable bonds is 4. The van der Waals surface area contributed by atoms with Crippen molar-refractivity contribution >= 4 is 16.8 Å². The second kappa shape index (κ2) is 5.89. The molecule has 0 aliphatic heterocycles. The van der Waals surface area contributed by atoms with E-state index in [2.05, 4.69) is 15.5 Å². The summed E-state index contributed by atoms with van der Waals surface area (Å²) in [6.45, 7) is 2.38. The zero-order valence-electron chi connectivity index (χ0n) is 12.5. The van der Waals surface area contributed by atoms with Gasteiger partial charge in [0.25, 0.3) is 5.91 Å². The molecule has 0 fully saturated rings. The van der Waals surface area contributed by atoms with Crippen molar-refractivity contribution < 1.29 is 9.53 Å². The summed E-state index contributed by atoms with van der Waals surface area (Å²) >= 11 is 0. The highest BCUT2D eigenvalue weighted by atomic mass is 16.5. The second-order valence-corrected chi connectivity index (χ2v) is 5.08. The molecule has 0 saturated heterocycles. The number of nitrogens with zero attached hydrogens (tertiary/aromatic N) is 1. The van der Waals surface area contributed by atoms with Crippen molar-refractivity contribution in [1.82, 2.24) is 15.5 Å². The molecule has 0 aliphatic rings. The lowest BCUT2D eigenvalue weighted by molar-refractivity contribution is 0.0952. The van der Waals surface area contributed by atoms with Crippen molar-refractivity contribution in [2.24, 2.45) is 0 Å². The van der Waals surface area contributed by atoms with E-state index in [1.54, 1.807) is 7.11 Å². The predicted molar refractivity (Wildman–Crippen MR) is 85.0 cm³/mol. The van der Waals surface area contributed by atoms with E-state index in [1.165, 1.54) is 0 Å². The number of hydrogen-bond donors (Lipinski definition) is 2. The molecule has 112 valence electrons. The maximum atomic E-state index is 12.4. The number of methoxy groups -OCH3 is 1. The summed E-state index contributed by atoms with van der Waals surface area (Å²) in [6, 6.07) is 13.2. The quantitative estimate of drug-likeness (QED) is 0.777. The largest absolute Gasteiger partial charge is 0.497 e. The Labute approximate surface area is 128 Å². The minimum Gasteiger partial charge on any atom is -0.497 e. The second-order valence-electron chi connectivity index (χ2n) is 5.08. The summed E-state index contributed by atoms with van der Waals surface area (Å²) in [5, 5.41) is 10.9. The Bertz CT molecular complexity index is 806. The van der Waals surface area contributed by atoms with Crippen LogP contribution >= 0.6 is 0 Å². The van der Waals surface area contributed by atoms with Gasteiger partial charge in [-0.1, -0.05) is 18.2 Å². The molecule has 1 amide bonds. The fourth-order valence-electron chi connectivity index (χ4n) is 2.44. The van der Waals surface area contributed by atoms with E-state index in [1.807, 2.05) is 49.4 Å². The number of ether oxygens (including phenoxy) is 1. The first-order valence-corrected chi connectivity index (χ1v) is 7.04. The van der Waals surface area contributed by atoms with Crippen LogP contribution in [0.2, 0.25) is 0 Å². The van der Waals surface area contributed by atoms with Gasteiger partial charge in [0.2, 0.25) is 0 Å². The van der Waals surface area contributed by atoms with E-state index in [0.29, 0.717) is 12.1 Å². The van der Waals surface area contributed by atoms with Crippen LogP contribution in [0.3, 0.4) is 0 Å². The van der Waals surface area contributed by atoms with Crippen molar-refractivity contribution in [3.8, 4) is 5.75 Å². The molecule has 0 unspecified atom stereocenters. The Morgan fingerprint density at radius 2 is 2.00 bits per heavy atom. The van der Waals surface area contributed by atoms with E-state index < -0.39 is 0 Å². The molecule has 2 aromatic carbocycles. The average Bonchev–Trinajstić information content (AvgIpc) is 2.94. The maximum absolute atomic E-state index is 12.4. The number of benzene rings is 2. The topological polar surface area (TPSA) is 67.0 Å². The Morgan fingerprint density at radius 3 is 2.73 bits per heavy atom. The van der Waals surface area contributed by atoms with Gasteiger partial charge >= 0.3 is 0 Å². The molecule has 5 nitrogen and oxygen atoms in total. The number of carbonyl (C=O) groups is 1. The van der Waals surface area contributed by atoms with Crippen LogP contribution in [-0.4, -0.2) is 23.2 Å². The average molecular weight is 295 g/mol. The third kappa shape index (κ3) is 2.65. The van der Waals surface area contributed by atoms with E-state index in [0.717, 1.165) is 27.9 Å². The molecule has 22 heavy (non-hydrogen) atoms. The Hall–Kier alpha value is -2.82. The summed E-state index contributed by atoms with van der Waals surface area (Å²) in [6.07, 6.45) is 0. The molecule has 5 heteroatoms. The molecule has 1 heterocycles. The van der Waals surface area contributed by atoms with Crippen LogP contribution in [-0.2, 0) is 6.54 Å². The predicted octanol–water partition coefficient (Wildman–Crippen LogP) is 2.81. The van der Waals surface area contributed by atoms with Crippen LogP contribution in [0.15, 0.2) is 42.5 Å².